The first kappa shape index (κ1) is 23.5. The van der Waals surface area contributed by atoms with E-state index < -0.39 is 22.0 Å². The minimum absolute atomic E-state index is 0.0484. The number of carbonyl (C=O) groups is 1. The quantitative estimate of drug-likeness (QED) is 0.620. The number of nitrogens with one attached hydrogen (secondary N) is 1. The highest BCUT2D eigenvalue weighted by atomic mass is 32.2. The van der Waals surface area contributed by atoms with Crippen molar-refractivity contribution in [2.75, 3.05) is 17.2 Å². The number of rotatable bonds is 10. The predicted molar refractivity (Wildman–Crippen MR) is 118 cm³/mol. The predicted octanol–water partition coefficient (Wildman–Crippen LogP) is 3.34. The fourth-order valence-corrected chi connectivity index (χ4v) is 4.18. The zero-order valence-corrected chi connectivity index (χ0v) is 18.9. The van der Waals surface area contributed by atoms with Crippen molar-refractivity contribution in [1.82, 2.24) is 5.32 Å². The van der Waals surface area contributed by atoms with Crippen LogP contribution < -0.4 is 19.1 Å². The topological polar surface area (TPSA) is 84.9 Å². The zero-order valence-electron chi connectivity index (χ0n) is 18.1. The van der Waals surface area contributed by atoms with Gasteiger partial charge in [-0.05, 0) is 69.7 Å². The number of amides is 1. The molecule has 30 heavy (non-hydrogen) atoms. The molecule has 0 aromatic heterocycles. The lowest BCUT2D eigenvalue weighted by Gasteiger charge is -2.28. The van der Waals surface area contributed by atoms with E-state index in [-0.39, 0.29) is 12.6 Å². The number of hydrogen-bond acceptors (Lipinski definition) is 5. The summed E-state index contributed by atoms with van der Waals surface area (Å²) in [5.41, 5.74) is 1.26. The number of anilines is 1. The molecule has 0 bridgehead atoms. The second kappa shape index (κ2) is 10.3. The Morgan fingerprint density at radius 2 is 1.73 bits per heavy atom. The van der Waals surface area contributed by atoms with Gasteiger partial charge in [-0.25, -0.2) is 8.42 Å². The number of hydrogen-bond donors (Lipinski definition) is 1. The first-order chi connectivity index (χ1) is 14.1. The van der Waals surface area contributed by atoms with Gasteiger partial charge in [0.05, 0.1) is 24.7 Å². The Labute approximate surface area is 179 Å². The van der Waals surface area contributed by atoms with Crippen LogP contribution in [-0.2, 0) is 21.4 Å². The molecular formula is C22H30N2O5S. The molecule has 7 nitrogen and oxygen atoms in total. The molecule has 0 radical (unpaired) electrons. The van der Waals surface area contributed by atoms with Crippen molar-refractivity contribution < 1.29 is 22.7 Å². The van der Waals surface area contributed by atoms with Crippen LogP contribution in [0, 0.1) is 0 Å². The van der Waals surface area contributed by atoms with Crippen molar-refractivity contribution in [1.29, 1.82) is 0 Å². The van der Waals surface area contributed by atoms with E-state index in [0.717, 1.165) is 21.9 Å². The Bertz CT molecular complexity index is 942. The van der Waals surface area contributed by atoms with Crippen LogP contribution in [0.2, 0.25) is 0 Å². The lowest BCUT2D eigenvalue weighted by atomic mass is 10.2. The van der Waals surface area contributed by atoms with E-state index in [1.165, 1.54) is 0 Å². The lowest BCUT2D eigenvalue weighted by Crippen LogP contribution is -2.47. The van der Waals surface area contributed by atoms with Gasteiger partial charge in [-0.2, -0.15) is 0 Å². The van der Waals surface area contributed by atoms with E-state index in [9.17, 15) is 13.2 Å². The van der Waals surface area contributed by atoms with Gasteiger partial charge in [0.15, 0.2) is 0 Å². The van der Waals surface area contributed by atoms with Gasteiger partial charge in [-0.3, -0.25) is 9.10 Å². The van der Waals surface area contributed by atoms with Crippen LogP contribution in [0.3, 0.4) is 0 Å². The molecule has 8 heteroatoms. The largest absolute Gasteiger partial charge is 0.494 e. The number of sulfonamides is 1. The highest BCUT2D eigenvalue weighted by Crippen LogP contribution is 2.24. The third kappa shape index (κ3) is 6.66. The summed E-state index contributed by atoms with van der Waals surface area (Å²) in [6.07, 6.45) is 1.13. The van der Waals surface area contributed by atoms with Crippen LogP contribution in [-0.4, -0.2) is 39.3 Å². The molecule has 0 saturated heterocycles. The van der Waals surface area contributed by atoms with Gasteiger partial charge in [0.2, 0.25) is 15.9 Å². The summed E-state index contributed by atoms with van der Waals surface area (Å²) < 4.78 is 37.0. The maximum Gasteiger partial charge on any atom is 0.243 e. The van der Waals surface area contributed by atoms with Gasteiger partial charge in [0.25, 0.3) is 0 Å². The molecule has 0 aliphatic carbocycles. The molecule has 0 aliphatic heterocycles. The molecule has 2 rings (SSSR count). The SMILES string of the molecule is CCOc1ccc(N([C@@H](C)C(=O)NCc2cccc(OC(C)C)c2)S(C)(=O)=O)cc1. The second-order valence-corrected chi connectivity index (χ2v) is 9.05. The molecule has 0 spiro atoms. The summed E-state index contributed by atoms with van der Waals surface area (Å²) in [5, 5.41) is 2.81. The Balaban J connectivity index is 2.12. The Morgan fingerprint density at radius 1 is 1.07 bits per heavy atom. The van der Waals surface area contributed by atoms with Crippen molar-refractivity contribution in [3.8, 4) is 11.5 Å². The molecule has 0 aliphatic rings. The van der Waals surface area contributed by atoms with E-state index >= 15 is 0 Å². The standard InChI is InChI=1S/C22H30N2O5S/c1-6-28-20-12-10-19(11-13-20)24(30(5,26)27)17(4)22(25)23-15-18-8-7-9-21(14-18)29-16(2)3/h7-14,16-17H,6,15H2,1-5H3,(H,23,25)/t17-/m0/s1. The van der Waals surface area contributed by atoms with Crippen LogP contribution in [0.1, 0.15) is 33.3 Å². The lowest BCUT2D eigenvalue weighted by molar-refractivity contribution is -0.122. The maximum absolute atomic E-state index is 12.7. The first-order valence-corrected chi connectivity index (χ1v) is 11.7. The van der Waals surface area contributed by atoms with E-state index in [0.29, 0.717) is 18.0 Å². The molecule has 1 N–H and O–H groups in total. The van der Waals surface area contributed by atoms with Crippen molar-refractivity contribution in [3.05, 3.63) is 54.1 Å². The van der Waals surface area contributed by atoms with E-state index in [4.69, 9.17) is 9.47 Å². The zero-order chi connectivity index (χ0) is 22.3. The Hall–Kier alpha value is -2.74. The van der Waals surface area contributed by atoms with Crippen molar-refractivity contribution in [3.63, 3.8) is 0 Å². The molecule has 0 saturated carbocycles. The number of ether oxygens (including phenoxy) is 2. The smallest absolute Gasteiger partial charge is 0.243 e. The van der Waals surface area contributed by atoms with Crippen LogP contribution in [0.15, 0.2) is 48.5 Å². The Kier molecular flexibility index (Phi) is 8.11. The molecule has 2 aromatic rings. The minimum Gasteiger partial charge on any atom is -0.494 e. The Morgan fingerprint density at radius 3 is 2.30 bits per heavy atom. The van der Waals surface area contributed by atoms with Crippen LogP contribution >= 0.6 is 0 Å². The van der Waals surface area contributed by atoms with Gasteiger partial charge in [0.1, 0.15) is 17.5 Å². The number of benzene rings is 2. The average Bonchev–Trinajstić information content (AvgIpc) is 2.66. The van der Waals surface area contributed by atoms with E-state index in [1.54, 1.807) is 31.2 Å². The molecule has 1 amide bonds. The van der Waals surface area contributed by atoms with Gasteiger partial charge >= 0.3 is 0 Å². The van der Waals surface area contributed by atoms with Gasteiger partial charge in [-0.15, -0.1) is 0 Å². The normalized spacial score (nSPS) is 12.3. The molecule has 2 aromatic carbocycles. The summed E-state index contributed by atoms with van der Waals surface area (Å²) in [5.74, 6) is 0.955. The van der Waals surface area contributed by atoms with Gasteiger partial charge < -0.3 is 14.8 Å². The number of nitrogens with zero attached hydrogens (tertiary/aromatic N) is 1. The first-order valence-electron chi connectivity index (χ1n) is 9.87. The molecule has 0 unspecified atom stereocenters. The van der Waals surface area contributed by atoms with Crippen molar-refractivity contribution in [2.45, 2.75) is 46.4 Å². The molecule has 0 fully saturated rings. The fourth-order valence-electron chi connectivity index (χ4n) is 3.00. The third-order valence-electron chi connectivity index (χ3n) is 4.23. The molecular weight excluding hydrogens is 404 g/mol. The van der Waals surface area contributed by atoms with Gasteiger partial charge in [-0.1, -0.05) is 12.1 Å². The fraction of sp³-hybridized carbons (Fsp3) is 0.409. The third-order valence-corrected chi connectivity index (χ3v) is 5.47. The summed E-state index contributed by atoms with van der Waals surface area (Å²) in [7, 11) is -3.68. The highest BCUT2D eigenvalue weighted by molar-refractivity contribution is 7.92. The number of carbonyl (C=O) groups excluding carboxylic acids is 1. The molecule has 1 atom stereocenters. The second-order valence-electron chi connectivity index (χ2n) is 7.19. The van der Waals surface area contributed by atoms with Crippen LogP contribution in [0.4, 0.5) is 5.69 Å². The van der Waals surface area contributed by atoms with E-state index in [2.05, 4.69) is 5.32 Å². The molecule has 0 heterocycles. The summed E-state index contributed by atoms with van der Waals surface area (Å²) >= 11 is 0. The van der Waals surface area contributed by atoms with Crippen LogP contribution in [0.25, 0.3) is 0 Å². The van der Waals surface area contributed by atoms with E-state index in [1.807, 2.05) is 45.0 Å². The van der Waals surface area contributed by atoms with Crippen molar-refractivity contribution in [2.24, 2.45) is 0 Å². The van der Waals surface area contributed by atoms with Crippen LogP contribution in [0.5, 0.6) is 11.5 Å². The summed E-state index contributed by atoms with van der Waals surface area (Å²) in [6.45, 7) is 8.09. The maximum atomic E-state index is 12.7. The molecule has 164 valence electrons. The average molecular weight is 435 g/mol. The summed E-state index contributed by atoms with van der Waals surface area (Å²) in [4.78, 5) is 12.7. The monoisotopic (exact) mass is 434 g/mol. The minimum atomic E-state index is -3.68. The summed E-state index contributed by atoms with van der Waals surface area (Å²) in [6, 6.07) is 13.1. The van der Waals surface area contributed by atoms with Crippen molar-refractivity contribution >= 4 is 21.6 Å². The highest BCUT2D eigenvalue weighted by Gasteiger charge is 2.29. The van der Waals surface area contributed by atoms with Gasteiger partial charge in [0, 0.05) is 6.54 Å².